The Hall–Kier alpha value is -4.04. The van der Waals surface area contributed by atoms with Gasteiger partial charge >= 0.3 is 5.91 Å². The molecule has 0 aliphatic carbocycles. The Morgan fingerprint density at radius 3 is 2.67 bits per heavy atom. The number of nitrogens with one attached hydrogen (secondary N) is 1. The number of aliphatic hydroxyl groups is 1. The van der Waals surface area contributed by atoms with Crippen molar-refractivity contribution in [2.75, 3.05) is 12.0 Å². The number of hydrogen-bond donors (Lipinski definition) is 2. The van der Waals surface area contributed by atoms with Crippen molar-refractivity contribution in [3.05, 3.63) is 82.3 Å². The summed E-state index contributed by atoms with van der Waals surface area (Å²) in [6.45, 7) is 1.75. The minimum Gasteiger partial charge on any atom is -0.507 e. The Labute approximate surface area is 193 Å². The van der Waals surface area contributed by atoms with Crippen LogP contribution in [0, 0.1) is 6.92 Å². The normalized spacial score (nSPS) is 17.8. The molecular weight excluding hydrogens is 446 g/mol. The molecule has 1 aliphatic heterocycles. The number of fused-ring (bicyclic) bond motifs is 1. The van der Waals surface area contributed by atoms with E-state index in [1.807, 2.05) is 18.2 Å². The Balaban J connectivity index is 1.74. The van der Waals surface area contributed by atoms with Gasteiger partial charge in [0.2, 0.25) is 5.95 Å². The van der Waals surface area contributed by atoms with Crippen molar-refractivity contribution in [3.8, 4) is 5.75 Å². The fourth-order valence-corrected chi connectivity index (χ4v) is 4.14. The Kier molecular flexibility index (Phi) is 4.94. The number of rotatable bonds is 4. The van der Waals surface area contributed by atoms with Crippen LogP contribution in [0.3, 0.4) is 0 Å². The standard InChI is InChI=1S/C24H18ClN3O5/c1-12-7-10-18(33-12)20-19(21(29)14-11-13(32-2)8-9-15(14)25)22(30)23(31)28(20)24-26-16-5-3-4-6-17(16)27-24/h3-11,20,29H,1-2H3,(H,26,27)/b21-19+. The number of anilines is 1. The van der Waals surface area contributed by atoms with E-state index < -0.39 is 23.5 Å². The largest absolute Gasteiger partial charge is 0.507 e. The fourth-order valence-electron chi connectivity index (χ4n) is 3.93. The van der Waals surface area contributed by atoms with E-state index in [9.17, 15) is 14.7 Å². The first kappa shape index (κ1) is 20.8. The Morgan fingerprint density at radius 2 is 1.97 bits per heavy atom. The average molecular weight is 464 g/mol. The molecule has 33 heavy (non-hydrogen) atoms. The van der Waals surface area contributed by atoms with Gasteiger partial charge in [-0.15, -0.1) is 0 Å². The molecule has 1 unspecified atom stereocenters. The maximum atomic E-state index is 13.2. The van der Waals surface area contributed by atoms with Crippen LogP contribution in [0.15, 0.2) is 64.6 Å². The van der Waals surface area contributed by atoms with Gasteiger partial charge in [-0.1, -0.05) is 23.7 Å². The molecule has 4 aromatic rings. The van der Waals surface area contributed by atoms with Crippen LogP contribution >= 0.6 is 11.6 Å². The van der Waals surface area contributed by atoms with Gasteiger partial charge in [-0.2, -0.15) is 0 Å². The molecule has 8 nitrogen and oxygen atoms in total. The molecule has 0 bridgehead atoms. The van der Waals surface area contributed by atoms with Crippen LogP contribution in [-0.2, 0) is 9.59 Å². The van der Waals surface area contributed by atoms with Crippen molar-refractivity contribution in [3.63, 3.8) is 0 Å². The van der Waals surface area contributed by atoms with Crippen LogP contribution < -0.4 is 9.64 Å². The third-order valence-electron chi connectivity index (χ3n) is 5.51. The number of H-pyrrole nitrogens is 1. The first-order chi connectivity index (χ1) is 15.9. The molecule has 2 N–H and O–H groups in total. The number of Topliss-reactive ketones (excluding diaryl/α,β-unsaturated/α-hetero) is 1. The summed E-state index contributed by atoms with van der Waals surface area (Å²) >= 11 is 6.31. The van der Waals surface area contributed by atoms with E-state index in [1.165, 1.54) is 24.1 Å². The van der Waals surface area contributed by atoms with Gasteiger partial charge in [-0.3, -0.25) is 14.5 Å². The second-order valence-electron chi connectivity index (χ2n) is 7.54. The first-order valence-electron chi connectivity index (χ1n) is 10.0. The van der Waals surface area contributed by atoms with Crippen LogP contribution in [0.5, 0.6) is 5.75 Å². The number of furan rings is 1. The summed E-state index contributed by atoms with van der Waals surface area (Å²) in [6, 6.07) is 14.2. The van der Waals surface area contributed by atoms with Crippen LogP contribution in [-0.4, -0.2) is 33.9 Å². The molecular formula is C24H18ClN3O5. The lowest BCUT2D eigenvalue weighted by Crippen LogP contribution is -2.30. The second kappa shape index (κ2) is 7.83. The number of benzene rings is 2. The number of imidazole rings is 1. The number of aliphatic hydroxyl groups excluding tert-OH is 1. The van der Waals surface area contributed by atoms with Crippen LogP contribution in [0.1, 0.15) is 23.1 Å². The number of aryl methyl sites for hydroxylation is 1. The highest BCUT2D eigenvalue weighted by atomic mass is 35.5. The Bertz CT molecular complexity index is 1420. The van der Waals surface area contributed by atoms with Gasteiger partial charge in [-0.25, -0.2) is 4.98 Å². The number of amides is 1. The van der Waals surface area contributed by atoms with E-state index in [1.54, 1.807) is 31.2 Å². The molecule has 2 aromatic heterocycles. The molecule has 1 atom stereocenters. The smallest absolute Gasteiger partial charge is 0.302 e. The molecule has 0 radical (unpaired) electrons. The summed E-state index contributed by atoms with van der Waals surface area (Å²) in [5, 5.41) is 11.4. The molecule has 0 saturated carbocycles. The summed E-state index contributed by atoms with van der Waals surface area (Å²) in [7, 11) is 1.47. The van der Waals surface area contributed by atoms with Crippen LogP contribution in [0.4, 0.5) is 5.95 Å². The van der Waals surface area contributed by atoms with Gasteiger partial charge in [-0.05, 0) is 49.4 Å². The van der Waals surface area contributed by atoms with Crippen molar-refractivity contribution in [1.29, 1.82) is 0 Å². The molecule has 0 spiro atoms. The van der Waals surface area contributed by atoms with E-state index in [-0.39, 0.29) is 22.1 Å². The molecule has 3 heterocycles. The molecule has 9 heteroatoms. The lowest BCUT2D eigenvalue weighted by Gasteiger charge is -2.21. The molecule has 2 aromatic carbocycles. The summed E-state index contributed by atoms with van der Waals surface area (Å²) in [5.74, 6) is -0.701. The number of ketones is 1. The van der Waals surface area contributed by atoms with Gasteiger partial charge in [0.1, 0.15) is 29.1 Å². The van der Waals surface area contributed by atoms with Gasteiger partial charge in [0.25, 0.3) is 5.78 Å². The summed E-state index contributed by atoms with van der Waals surface area (Å²) in [5.41, 5.74) is 1.32. The van der Waals surface area contributed by atoms with E-state index >= 15 is 0 Å². The summed E-state index contributed by atoms with van der Waals surface area (Å²) < 4.78 is 11.0. The zero-order valence-corrected chi connectivity index (χ0v) is 18.4. The van der Waals surface area contributed by atoms with E-state index in [2.05, 4.69) is 9.97 Å². The zero-order valence-electron chi connectivity index (χ0n) is 17.6. The average Bonchev–Trinajstić information content (AvgIpc) is 3.49. The third-order valence-corrected chi connectivity index (χ3v) is 5.84. The number of para-hydroxylation sites is 2. The molecule has 166 valence electrons. The van der Waals surface area contributed by atoms with Gasteiger partial charge in [0.05, 0.1) is 28.7 Å². The number of hydrogen-bond acceptors (Lipinski definition) is 6. The maximum absolute atomic E-state index is 13.2. The number of carbonyl (C=O) groups is 2. The minimum absolute atomic E-state index is 0.159. The topological polar surface area (TPSA) is 109 Å². The zero-order chi connectivity index (χ0) is 23.3. The highest BCUT2D eigenvalue weighted by Gasteiger charge is 2.49. The van der Waals surface area contributed by atoms with Crippen molar-refractivity contribution >= 4 is 46.0 Å². The molecule has 1 aliphatic rings. The highest BCUT2D eigenvalue weighted by Crippen LogP contribution is 2.43. The quantitative estimate of drug-likeness (QED) is 0.257. The Morgan fingerprint density at radius 1 is 1.18 bits per heavy atom. The third kappa shape index (κ3) is 3.35. The second-order valence-corrected chi connectivity index (χ2v) is 7.95. The highest BCUT2D eigenvalue weighted by molar-refractivity contribution is 6.51. The van der Waals surface area contributed by atoms with E-state index in [4.69, 9.17) is 20.8 Å². The minimum atomic E-state index is -1.05. The monoisotopic (exact) mass is 463 g/mol. The molecule has 5 rings (SSSR count). The maximum Gasteiger partial charge on any atom is 0.302 e. The summed E-state index contributed by atoms with van der Waals surface area (Å²) in [4.78, 5) is 35.2. The van der Waals surface area contributed by atoms with Crippen molar-refractivity contribution in [2.45, 2.75) is 13.0 Å². The van der Waals surface area contributed by atoms with Crippen molar-refractivity contribution in [2.24, 2.45) is 0 Å². The predicted molar refractivity (Wildman–Crippen MR) is 122 cm³/mol. The van der Waals surface area contributed by atoms with Crippen molar-refractivity contribution in [1.82, 2.24) is 9.97 Å². The molecule has 1 fully saturated rings. The number of aromatic nitrogens is 2. The SMILES string of the molecule is COc1ccc(Cl)c(/C(O)=C2\C(=O)C(=O)N(c3nc4ccccc4[nH]3)C2c2ccc(C)o2)c1. The predicted octanol–water partition coefficient (Wildman–Crippen LogP) is 4.75. The van der Waals surface area contributed by atoms with Gasteiger partial charge < -0.3 is 19.2 Å². The lowest BCUT2D eigenvalue weighted by molar-refractivity contribution is -0.132. The molecule has 1 saturated heterocycles. The first-order valence-corrected chi connectivity index (χ1v) is 10.4. The molecule has 1 amide bonds. The number of halogens is 1. The number of ether oxygens (including phenoxy) is 1. The summed E-state index contributed by atoms with van der Waals surface area (Å²) in [6.07, 6.45) is 0. The van der Waals surface area contributed by atoms with Crippen LogP contribution in [0.2, 0.25) is 5.02 Å². The van der Waals surface area contributed by atoms with E-state index in [0.717, 1.165) is 0 Å². The van der Waals surface area contributed by atoms with Gasteiger partial charge in [0, 0.05) is 5.56 Å². The number of methoxy groups -OCH3 is 1. The van der Waals surface area contributed by atoms with Crippen LogP contribution in [0.25, 0.3) is 16.8 Å². The lowest BCUT2D eigenvalue weighted by atomic mass is 9.99. The van der Waals surface area contributed by atoms with E-state index in [0.29, 0.717) is 28.3 Å². The van der Waals surface area contributed by atoms with Gasteiger partial charge in [0.15, 0.2) is 0 Å². The fraction of sp³-hybridized carbons (Fsp3) is 0.125. The van der Waals surface area contributed by atoms with Crippen molar-refractivity contribution < 1.29 is 23.8 Å². The number of nitrogens with zero attached hydrogens (tertiary/aromatic N) is 2. The number of aromatic amines is 1. The number of carbonyl (C=O) groups excluding carboxylic acids is 2.